The molecule has 1 fully saturated rings. The molecule has 2 atom stereocenters. The fourth-order valence-electron chi connectivity index (χ4n) is 2.62. The van der Waals surface area contributed by atoms with Crippen molar-refractivity contribution in [3.05, 3.63) is 34.9 Å². The van der Waals surface area contributed by atoms with Crippen LogP contribution >= 0.6 is 11.6 Å². The third-order valence-corrected chi connectivity index (χ3v) is 4.05. The van der Waals surface area contributed by atoms with E-state index < -0.39 is 11.9 Å². The Bertz CT molecular complexity index is 535. The predicted molar refractivity (Wildman–Crippen MR) is 80.2 cm³/mol. The molecule has 5 nitrogen and oxygen atoms in total. The van der Waals surface area contributed by atoms with Crippen LogP contribution in [0.25, 0.3) is 0 Å². The fraction of sp³-hybridized carbons (Fsp3) is 0.467. The zero-order chi connectivity index (χ0) is 15.4. The average Bonchev–Trinajstić information content (AvgIpc) is 2.45. The quantitative estimate of drug-likeness (QED) is 0.901. The van der Waals surface area contributed by atoms with Gasteiger partial charge in [-0.2, -0.15) is 0 Å². The topological polar surface area (TPSA) is 69.6 Å². The van der Waals surface area contributed by atoms with Crippen LogP contribution in [0.4, 0.5) is 4.79 Å². The van der Waals surface area contributed by atoms with Crippen LogP contribution in [0.5, 0.6) is 0 Å². The van der Waals surface area contributed by atoms with Crippen molar-refractivity contribution >= 4 is 23.6 Å². The van der Waals surface area contributed by atoms with Crippen molar-refractivity contribution in [2.75, 3.05) is 13.1 Å². The second kappa shape index (κ2) is 6.80. The molecule has 0 radical (unpaired) electrons. The van der Waals surface area contributed by atoms with Gasteiger partial charge in [-0.05, 0) is 24.0 Å². The van der Waals surface area contributed by atoms with E-state index in [9.17, 15) is 9.59 Å². The lowest BCUT2D eigenvalue weighted by Gasteiger charge is -2.34. The number of carboxylic acids is 1. The fourth-order valence-corrected chi connectivity index (χ4v) is 2.82. The first-order valence-corrected chi connectivity index (χ1v) is 7.34. The molecule has 1 saturated heterocycles. The molecular weight excluding hydrogens is 292 g/mol. The van der Waals surface area contributed by atoms with E-state index in [1.807, 2.05) is 25.1 Å². The van der Waals surface area contributed by atoms with Crippen LogP contribution < -0.4 is 5.32 Å². The van der Waals surface area contributed by atoms with E-state index in [0.29, 0.717) is 24.5 Å². The molecule has 6 heteroatoms. The number of likely N-dealkylation sites (tertiary alicyclic amines) is 1. The first-order valence-electron chi connectivity index (χ1n) is 6.96. The van der Waals surface area contributed by atoms with E-state index in [4.69, 9.17) is 16.7 Å². The Morgan fingerprint density at radius 1 is 1.38 bits per heavy atom. The number of carbonyl (C=O) groups is 2. The number of rotatable bonds is 3. The number of nitrogens with one attached hydrogen (secondary N) is 1. The van der Waals surface area contributed by atoms with E-state index in [1.165, 1.54) is 0 Å². The highest BCUT2D eigenvalue weighted by Gasteiger charge is 2.31. The molecule has 2 amide bonds. The van der Waals surface area contributed by atoms with Gasteiger partial charge in [0.1, 0.15) is 0 Å². The number of halogens is 1. The Balaban J connectivity index is 1.93. The summed E-state index contributed by atoms with van der Waals surface area (Å²) < 4.78 is 0. The van der Waals surface area contributed by atoms with Crippen molar-refractivity contribution in [1.29, 1.82) is 0 Å². The Labute approximate surface area is 128 Å². The van der Waals surface area contributed by atoms with E-state index in [2.05, 4.69) is 5.32 Å². The summed E-state index contributed by atoms with van der Waals surface area (Å²) in [6, 6.07) is 7.06. The van der Waals surface area contributed by atoms with E-state index in [1.54, 1.807) is 11.0 Å². The summed E-state index contributed by atoms with van der Waals surface area (Å²) in [5.74, 6) is -1.14. The number of aliphatic carboxylic acids is 1. The molecule has 1 aliphatic heterocycles. The minimum absolute atomic E-state index is 0.186. The van der Waals surface area contributed by atoms with E-state index in [0.717, 1.165) is 5.56 Å². The maximum atomic E-state index is 12.2. The molecule has 0 aliphatic carbocycles. The largest absolute Gasteiger partial charge is 0.481 e. The average molecular weight is 311 g/mol. The van der Waals surface area contributed by atoms with Crippen LogP contribution in [0.15, 0.2) is 24.3 Å². The van der Waals surface area contributed by atoms with Gasteiger partial charge in [-0.15, -0.1) is 0 Å². The molecule has 1 heterocycles. The zero-order valence-electron chi connectivity index (χ0n) is 11.9. The van der Waals surface area contributed by atoms with Gasteiger partial charge in [0.05, 0.1) is 5.92 Å². The molecule has 0 bridgehead atoms. The molecule has 2 rings (SSSR count). The molecule has 114 valence electrons. The number of carbonyl (C=O) groups excluding carboxylic acids is 1. The van der Waals surface area contributed by atoms with Crippen molar-refractivity contribution in [1.82, 2.24) is 10.2 Å². The SMILES string of the molecule is CC1CC(C(=O)O)CN(C(=O)NCc2ccccc2Cl)C1. The maximum absolute atomic E-state index is 12.2. The third kappa shape index (κ3) is 4.11. The second-order valence-corrected chi connectivity index (χ2v) is 5.94. The van der Waals surface area contributed by atoms with Gasteiger partial charge >= 0.3 is 12.0 Å². The summed E-state index contributed by atoms with van der Waals surface area (Å²) in [4.78, 5) is 24.9. The van der Waals surface area contributed by atoms with Crippen LogP contribution in [0, 0.1) is 11.8 Å². The van der Waals surface area contributed by atoms with Gasteiger partial charge in [0.15, 0.2) is 0 Å². The van der Waals surface area contributed by atoms with Gasteiger partial charge in [0.2, 0.25) is 0 Å². The Morgan fingerprint density at radius 3 is 2.76 bits per heavy atom. The highest BCUT2D eigenvalue weighted by molar-refractivity contribution is 6.31. The van der Waals surface area contributed by atoms with Crippen molar-refractivity contribution in [3.8, 4) is 0 Å². The molecule has 2 unspecified atom stereocenters. The van der Waals surface area contributed by atoms with Gasteiger partial charge in [-0.25, -0.2) is 4.79 Å². The van der Waals surface area contributed by atoms with Crippen LogP contribution in [-0.4, -0.2) is 35.1 Å². The van der Waals surface area contributed by atoms with Gasteiger partial charge in [0.25, 0.3) is 0 Å². The molecule has 1 aromatic carbocycles. The van der Waals surface area contributed by atoms with Crippen LogP contribution in [0.1, 0.15) is 18.9 Å². The van der Waals surface area contributed by atoms with E-state index >= 15 is 0 Å². The molecule has 0 saturated carbocycles. The summed E-state index contributed by atoms with van der Waals surface area (Å²) in [5.41, 5.74) is 0.840. The van der Waals surface area contributed by atoms with Crippen LogP contribution in [0.2, 0.25) is 5.02 Å². The summed E-state index contributed by atoms with van der Waals surface area (Å²) in [6.45, 7) is 3.14. The van der Waals surface area contributed by atoms with Crippen molar-refractivity contribution in [2.45, 2.75) is 19.9 Å². The predicted octanol–water partition coefficient (Wildman–Crippen LogP) is 2.59. The molecule has 0 spiro atoms. The first-order chi connectivity index (χ1) is 9.97. The number of carboxylic acid groups (broad SMARTS) is 1. The van der Waals surface area contributed by atoms with Crippen molar-refractivity contribution in [2.24, 2.45) is 11.8 Å². The van der Waals surface area contributed by atoms with Crippen molar-refractivity contribution in [3.63, 3.8) is 0 Å². The minimum atomic E-state index is -0.842. The third-order valence-electron chi connectivity index (χ3n) is 3.68. The molecule has 2 N–H and O–H groups in total. The van der Waals surface area contributed by atoms with Crippen LogP contribution in [-0.2, 0) is 11.3 Å². The highest BCUT2D eigenvalue weighted by Crippen LogP contribution is 2.22. The van der Waals surface area contributed by atoms with Gasteiger partial charge in [-0.3, -0.25) is 4.79 Å². The number of piperidine rings is 1. The summed E-state index contributed by atoms with van der Waals surface area (Å²) in [7, 11) is 0. The van der Waals surface area contributed by atoms with Crippen LogP contribution in [0.3, 0.4) is 0 Å². The number of urea groups is 1. The molecule has 0 aromatic heterocycles. The zero-order valence-corrected chi connectivity index (χ0v) is 12.6. The summed E-state index contributed by atoms with van der Waals surface area (Å²) in [6.07, 6.45) is 0.615. The summed E-state index contributed by atoms with van der Waals surface area (Å²) in [5, 5.41) is 12.5. The number of hydrogen-bond donors (Lipinski definition) is 2. The molecular formula is C15H19ClN2O3. The van der Waals surface area contributed by atoms with Crippen molar-refractivity contribution < 1.29 is 14.7 Å². The summed E-state index contributed by atoms with van der Waals surface area (Å²) >= 11 is 6.04. The minimum Gasteiger partial charge on any atom is -0.481 e. The maximum Gasteiger partial charge on any atom is 0.317 e. The first kappa shape index (κ1) is 15.6. The number of hydrogen-bond acceptors (Lipinski definition) is 2. The number of nitrogens with zero attached hydrogens (tertiary/aromatic N) is 1. The highest BCUT2D eigenvalue weighted by atomic mass is 35.5. The lowest BCUT2D eigenvalue weighted by molar-refractivity contribution is -0.143. The lowest BCUT2D eigenvalue weighted by atomic mass is 9.91. The van der Waals surface area contributed by atoms with E-state index in [-0.39, 0.29) is 18.5 Å². The van der Waals surface area contributed by atoms with Gasteiger partial charge in [-0.1, -0.05) is 36.7 Å². The lowest BCUT2D eigenvalue weighted by Crippen LogP contribution is -2.49. The Kier molecular flexibility index (Phi) is 5.07. The standard InChI is InChI=1S/C15H19ClN2O3/c1-10-6-12(14(19)20)9-18(8-10)15(21)17-7-11-4-2-3-5-13(11)16/h2-5,10,12H,6-9H2,1H3,(H,17,21)(H,19,20). The second-order valence-electron chi connectivity index (χ2n) is 5.53. The van der Waals surface area contributed by atoms with Gasteiger partial charge in [0, 0.05) is 24.7 Å². The monoisotopic (exact) mass is 310 g/mol. The Morgan fingerprint density at radius 2 is 2.10 bits per heavy atom. The smallest absolute Gasteiger partial charge is 0.317 e. The van der Waals surface area contributed by atoms with Gasteiger partial charge < -0.3 is 15.3 Å². The molecule has 1 aromatic rings. The number of amides is 2. The molecule has 21 heavy (non-hydrogen) atoms. The molecule has 1 aliphatic rings. The Hall–Kier alpha value is -1.75. The number of benzene rings is 1. The normalized spacial score (nSPS) is 21.9.